The van der Waals surface area contributed by atoms with E-state index in [0.29, 0.717) is 30.6 Å². The Morgan fingerprint density at radius 1 is 1.21 bits per heavy atom. The third-order valence-corrected chi connectivity index (χ3v) is 6.23. The molecule has 172 valence electrons. The average Bonchev–Trinajstić information content (AvgIpc) is 3.17. The number of anilines is 2. The van der Waals surface area contributed by atoms with Crippen molar-refractivity contribution in [3.8, 4) is 5.88 Å². The second-order valence-electron chi connectivity index (χ2n) is 8.20. The van der Waals surface area contributed by atoms with E-state index < -0.39 is 11.9 Å². The van der Waals surface area contributed by atoms with Crippen LogP contribution in [0.2, 0.25) is 5.02 Å². The minimum Gasteiger partial charge on any atom is -0.481 e. The van der Waals surface area contributed by atoms with Crippen molar-refractivity contribution < 1.29 is 18.7 Å². The quantitative estimate of drug-likeness (QED) is 0.565. The number of halogens is 2. The van der Waals surface area contributed by atoms with Gasteiger partial charge >= 0.3 is 6.09 Å². The molecule has 1 atom stereocenters. The highest BCUT2D eigenvalue weighted by molar-refractivity contribution is 6.31. The van der Waals surface area contributed by atoms with Gasteiger partial charge in [0.1, 0.15) is 17.4 Å². The van der Waals surface area contributed by atoms with Crippen LogP contribution in [0.4, 0.5) is 20.6 Å². The van der Waals surface area contributed by atoms with Gasteiger partial charge in [-0.3, -0.25) is 9.88 Å². The third kappa shape index (κ3) is 4.38. The van der Waals surface area contributed by atoms with E-state index in [9.17, 15) is 9.18 Å². The Morgan fingerprint density at radius 3 is 2.85 bits per heavy atom. The molecule has 8 nitrogen and oxygen atoms in total. The molecule has 1 aromatic carbocycles. The summed E-state index contributed by atoms with van der Waals surface area (Å²) in [6, 6.07) is 9.90. The molecule has 0 aliphatic carbocycles. The molecule has 2 fully saturated rings. The van der Waals surface area contributed by atoms with E-state index in [1.807, 2.05) is 18.2 Å². The number of cyclic esters (lactones) is 1. The number of nitrogens with zero attached hydrogens (tertiary/aromatic N) is 4. The Bertz CT molecular complexity index is 1190. The van der Waals surface area contributed by atoms with Crippen molar-refractivity contribution in [3.05, 3.63) is 53.4 Å². The van der Waals surface area contributed by atoms with Crippen LogP contribution in [-0.4, -0.2) is 62.0 Å². The average molecular weight is 472 g/mol. The normalized spacial score (nSPS) is 18.5. The Balaban J connectivity index is 1.12. The summed E-state index contributed by atoms with van der Waals surface area (Å²) in [5.41, 5.74) is 3.25. The topological polar surface area (TPSA) is 79.8 Å². The Morgan fingerprint density at radius 2 is 2.06 bits per heavy atom. The summed E-state index contributed by atoms with van der Waals surface area (Å²) in [6.45, 7) is 3.55. The third-order valence-electron chi connectivity index (χ3n) is 5.94. The van der Waals surface area contributed by atoms with Gasteiger partial charge in [0.05, 0.1) is 29.9 Å². The van der Waals surface area contributed by atoms with Crippen LogP contribution in [0.5, 0.6) is 5.88 Å². The highest BCUT2D eigenvalue weighted by Gasteiger charge is 2.33. The van der Waals surface area contributed by atoms with Crippen LogP contribution < -0.4 is 19.9 Å². The highest BCUT2D eigenvalue weighted by Crippen LogP contribution is 2.31. The number of amides is 1. The van der Waals surface area contributed by atoms with E-state index in [2.05, 4.69) is 20.2 Å². The molecule has 2 aliphatic heterocycles. The first-order valence-corrected chi connectivity index (χ1v) is 11.1. The number of aromatic nitrogens is 2. The molecule has 0 radical (unpaired) electrons. The fraction of sp³-hybridized carbons (Fsp3) is 0.348. The van der Waals surface area contributed by atoms with Crippen molar-refractivity contribution in [2.24, 2.45) is 5.92 Å². The summed E-state index contributed by atoms with van der Waals surface area (Å²) < 4.78 is 24.1. The molecule has 0 bridgehead atoms. The fourth-order valence-electron chi connectivity index (χ4n) is 4.20. The Kier molecular flexibility index (Phi) is 5.90. The SMILES string of the molecule is COc1ccc2nccc(N3CC(CNC[C@@H]4CN(c5ccc(F)c(Cl)c5)C(=O)O4)C3)c2n1. The lowest BCUT2D eigenvalue weighted by Crippen LogP contribution is -2.51. The molecule has 10 heteroatoms. The predicted molar refractivity (Wildman–Crippen MR) is 124 cm³/mol. The van der Waals surface area contributed by atoms with Gasteiger partial charge in [-0.15, -0.1) is 0 Å². The monoisotopic (exact) mass is 471 g/mol. The molecule has 3 aromatic rings. The maximum absolute atomic E-state index is 13.4. The number of hydrogen-bond acceptors (Lipinski definition) is 7. The molecule has 4 heterocycles. The van der Waals surface area contributed by atoms with Crippen molar-refractivity contribution in [2.45, 2.75) is 6.10 Å². The molecule has 0 spiro atoms. The molecular formula is C23H23ClFN5O3. The Labute approximate surface area is 195 Å². The van der Waals surface area contributed by atoms with Gasteiger partial charge in [0, 0.05) is 50.0 Å². The first-order chi connectivity index (χ1) is 16.0. The number of carbonyl (C=O) groups excluding carboxylic acids is 1. The second kappa shape index (κ2) is 8.99. The van der Waals surface area contributed by atoms with E-state index in [1.165, 1.54) is 23.1 Å². The standard InChI is InChI=1S/C23H23ClFN5O3/c1-32-21-5-4-19-22(28-21)20(6-7-27-19)29-11-14(12-29)9-26-10-16-13-30(23(31)33-16)15-2-3-18(25)17(24)8-15/h2-8,14,16,26H,9-13H2,1H3/t16-/m1/s1. The number of carbonyl (C=O) groups is 1. The zero-order chi connectivity index (χ0) is 22.9. The van der Waals surface area contributed by atoms with Gasteiger partial charge in [-0.2, -0.15) is 0 Å². The molecule has 0 unspecified atom stereocenters. The first-order valence-electron chi connectivity index (χ1n) is 10.7. The number of nitrogens with one attached hydrogen (secondary N) is 1. The van der Waals surface area contributed by atoms with Crippen molar-refractivity contribution in [3.63, 3.8) is 0 Å². The molecule has 2 aliphatic rings. The van der Waals surface area contributed by atoms with Gasteiger partial charge < -0.3 is 19.7 Å². The van der Waals surface area contributed by atoms with Crippen molar-refractivity contribution >= 4 is 40.1 Å². The van der Waals surface area contributed by atoms with Gasteiger partial charge in [0.25, 0.3) is 0 Å². The zero-order valence-electron chi connectivity index (χ0n) is 18.0. The minimum atomic E-state index is -0.518. The van der Waals surface area contributed by atoms with E-state index in [1.54, 1.807) is 13.3 Å². The summed E-state index contributed by atoms with van der Waals surface area (Å²) in [6.07, 6.45) is 1.07. The number of fused-ring (bicyclic) bond motifs is 1. The number of hydrogen-bond donors (Lipinski definition) is 1. The number of benzene rings is 1. The van der Waals surface area contributed by atoms with Gasteiger partial charge in [-0.25, -0.2) is 14.2 Å². The lowest BCUT2D eigenvalue weighted by atomic mass is 9.99. The minimum absolute atomic E-state index is 0.0213. The largest absolute Gasteiger partial charge is 0.481 e. The van der Waals surface area contributed by atoms with E-state index in [4.69, 9.17) is 21.1 Å². The summed E-state index contributed by atoms with van der Waals surface area (Å²) in [5.74, 6) is 0.525. The van der Waals surface area contributed by atoms with Crippen molar-refractivity contribution in [2.75, 3.05) is 49.6 Å². The van der Waals surface area contributed by atoms with E-state index in [0.717, 1.165) is 36.4 Å². The van der Waals surface area contributed by atoms with E-state index >= 15 is 0 Å². The van der Waals surface area contributed by atoms with Gasteiger partial charge in [0.15, 0.2) is 0 Å². The molecule has 2 aromatic heterocycles. The van der Waals surface area contributed by atoms with Crippen molar-refractivity contribution in [1.82, 2.24) is 15.3 Å². The number of ether oxygens (including phenoxy) is 2. The van der Waals surface area contributed by atoms with Crippen LogP contribution in [0.1, 0.15) is 0 Å². The van der Waals surface area contributed by atoms with Gasteiger partial charge in [-0.1, -0.05) is 11.6 Å². The predicted octanol–water partition coefficient (Wildman–Crippen LogP) is 3.48. The number of pyridine rings is 2. The summed E-state index contributed by atoms with van der Waals surface area (Å²) in [5, 5.41) is 3.38. The van der Waals surface area contributed by atoms with Crippen LogP contribution in [-0.2, 0) is 4.74 Å². The van der Waals surface area contributed by atoms with Gasteiger partial charge in [-0.05, 0) is 30.3 Å². The summed E-state index contributed by atoms with van der Waals surface area (Å²) in [7, 11) is 1.60. The highest BCUT2D eigenvalue weighted by atomic mass is 35.5. The lowest BCUT2D eigenvalue weighted by Gasteiger charge is -2.41. The first kappa shape index (κ1) is 21.7. The zero-order valence-corrected chi connectivity index (χ0v) is 18.8. The molecule has 1 N–H and O–H groups in total. The van der Waals surface area contributed by atoms with Crippen LogP contribution in [0, 0.1) is 11.7 Å². The maximum Gasteiger partial charge on any atom is 0.414 e. The van der Waals surface area contributed by atoms with Crippen LogP contribution >= 0.6 is 11.6 Å². The van der Waals surface area contributed by atoms with Crippen LogP contribution in [0.25, 0.3) is 11.0 Å². The van der Waals surface area contributed by atoms with Crippen molar-refractivity contribution in [1.29, 1.82) is 0 Å². The van der Waals surface area contributed by atoms with Crippen LogP contribution in [0.3, 0.4) is 0 Å². The second-order valence-corrected chi connectivity index (χ2v) is 8.60. The van der Waals surface area contributed by atoms with Gasteiger partial charge in [0.2, 0.25) is 5.88 Å². The molecule has 2 saturated heterocycles. The Hall–Kier alpha value is -3.17. The number of rotatable bonds is 7. The molecule has 33 heavy (non-hydrogen) atoms. The van der Waals surface area contributed by atoms with E-state index in [-0.39, 0.29) is 11.1 Å². The summed E-state index contributed by atoms with van der Waals surface area (Å²) >= 11 is 5.84. The summed E-state index contributed by atoms with van der Waals surface area (Å²) in [4.78, 5) is 24.9. The maximum atomic E-state index is 13.4. The number of methoxy groups -OCH3 is 1. The molecule has 5 rings (SSSR count). The molecule has 0 saturated carbocycles. The molecule has 1 amide bonds. The molecular weight excluding hydrogens is 449 g/mol. The fourth-order valence-corrected chi connectivity index (χ4v) is 4.37. The van der Waals surface area contributed by atoms with Crippen LogP contribution in [0.15, 0.2) is 42.6 Å². The lowest BCUT2D eigenvalue weighted by molar-refractivity contribution is 0.139. The smallest absolute Gasteiger partial charge is 0.414 e.